The molecule has 8 nitrogen and oxygen atoms in total. The summed E-state index contributed by atoms with van der Waals surface area (Å²) in [6.07, 6.45) is -6.44. The van der Waals surface area contributed by atoms with Crippen molar-refractivity contribution in [3.63, 3.8) is 0 Å². The molecule has 0 aliphatic carbocycles. The van der Waals surface area contributed by atoms with Crippen LogP contribution < -0.4 is 10.6 Å². The molecule has 202 valence electrons. The van der Waals surface area contributed by atoms with E-state index >= 15 is 0 Å². The van der Waals surface area contributed by atoms with Crippen LogP contribution in [0, 0.1) is 5.82 Å². The fourth-order valence-corrected chi connectivity index (χ4v) is 5.60. The average molecular weight is 556 g/mol. The number of rotatable bonds is 7. The van der Waals surface area contributed by atoms with Gasteiger partial charge in [-0.15, -0.1) is 0 Å². The predicted molar refractivity (Wildman–Crippen MR) is 127 cm³/mol. The number of aromatic nitrogens is 2. The maximum absolute atomic E-state index is 14.3. The van der Waals surface area contributed by atoms with Gasteiger partial charge >= 0.3 is 6.18 Å². The van der Waals surface area contributed by atoms with Gasteiger partial charge in [0.05, 0.1) is 28.4 Å². The van der Waals surface area contributed by atoms with Crippen molar-refractivity contribution < 1.29 is 35.2 Å². The molecule has 14 heteroatoms. The van der Waals surface area contributed by atoms with E-state index in [9.17, 15) is 35.2 Å². The Bertz CT molecular complexity index is 1420. The first-order valence-electron chi connectivity index (χ1n) is 11.3. The number of carbonyl (C=O) groups excluding carboxylic acids is 1. The first kappa shape index (κ1) is 27.4. The van der Waals surface area contributed by atoms with Crippen molar-refractivity contribution in [2.45, 2.75) is 36.3 Å². The highest BCUT2D eigenvalue weighted by Gasteiger charge is 2.44. The minimum Gasteiger partial charge on any atom is -0.357 e. The van der Waals surface area contributed by atoms with Crippen molar-refractivity contribution in [1.29, 1.82) is 0 Å². The summed E-state index contributed by atoms with van der Waals surface area (Å²) in [5.74, 6) is -1.28. The van der Waals surface area contributed by atoms with E-state index in [-0.39, 0.29) is 35.2 Å². The fraction of sp³-hybridized carbons (Fsp3) is 0.292. The lowest BCUT2D eigenvalue weighted by molar-refractivity contribution is -0.137. The second-order valence-corrected chi connectivity index (χ2v) is 10.4. The lowest BCUT2D eigenvalue weighted by Gasteiger charge is -2.23. The number of carbonyl (C=O) groups is 1. The maximum atomic E-state index is 14.3. The molecule has 4 rings (SSSR count). The first-order valence-corrected chi connectivity index (χ1v) is 12.7. The quantitative estimate of drug-likeness (QED) is 0.431. The second-order valence-electron chi connectivity index (χ2n) is 8.49. The van der Waals surface area contributed by atoms with Gasteiger partial charge in [-0.3, -0.25) is 4.79 Å². The lowest BCUT2D eigenvalue weighted by Crippen LogP contribution is -2.45. The van der Waals surface area contributed by atoms with Crippen LogP contribution in [-0.2, 0) is 27.5 Å². The molecule has 0 spiro atoms. The molecule has 2 aromatic carbocycles. The summed E-state index contributed by atoms with van der Waals surface area (Å²) >= 11 is 0. The van der Waals surface area contributed by atoms with E-state index in [0.29, 0.717) is 5.56 Å². The molecule has 1 aliphatic rings. The van der Waals surface area contributed by atoms with Gasteiger partial charge in [0, 0.05) is 25.6 Å². The number of hydrogen-bond donors (Lipinski definition) is 2. The van der Waals surface area contributed by atoms with E-state index in [1.807, 2.05) is 0 Å². The van der Waals surface area contributed by atoms with Gasteiger partial charge in [-0.25, -0.2) is 27.2 Å². The highest BCUT2D eigenvalue weighted by Crippen LogP contribution is 2.31. The largest absolute Gasteiger partial charge is 0.416 e. The van der Waals surface area contributed by atoms with Crippen LogP contribution in [0.15, 0.2) is 59.5 Å². The summed E-state index contributed by atoms with van der Waals surface area (Å²) in [5.41, 5.74) is 0.111. The van der Waals surface area contributed by atoms with Crippen molar-refractivity contribution >= 4 is 21.9 Å². The van der Waals surface area contributed by atoms with Crippen LogP contribution in [0.3, 0.4) is 0 Å². The Kier molecular flexibility index (Phi) is 7.65. The lowest BCUT2D eigenvalue weighted by atomic mass is 10.1. The van der Waals surface area contributed by atoms with Crippen molar-refractivity contribution in [2.75, 3.05) is 18.9 Å². The van der Waals surface area contributed by atoms with Crippen LogP contribution in [0.25, 0.3) is 11.3 Å². The number of halogens is 5. The molecule has 1 fully saturated rings. The van der Waals surface area contributed by atoms with Gasteiger partial charge in [-0.05, 0) is 42.5 Å². The van der Waals surface area contributed by atoms with E-state index < -0.39 is 52.2 Å². The van der Waals surface area contributed by atoms with Crippen LogP contribution >= 0.6 is 0 Å². The molecular weight excluding hydrogens is 533 g/mol. The molecule has 1 aromatic heterocycles. The van der Waals surface area contributed by atoms with Crippen LogP contribution in [0.1, 0.15) is 17.7 Å². The molecule has 0 radical (unpaired) electrons. The monoisotopic (exact) mass is 555 g/mol. The number of benzene rings is 2. The number of sulfonamides is 1. The fourth-order valence-electron chi connectivity index (χ4n) is 3.98. The summed E-state index contributed by atoms with van der Waals surface area (Å²) in [6, 6.07) is 8.44. The highest BCUT2D eigenvalue weighted by molar-refractivity contribution is 7.89. The third kappa shape index (κ3) is 5.91. The third-order valence-electron chi connectivity index (χ3n) is 5.88. The van der Waals surface area contributed by atoms with Gasteiger partial charge in [0.25, 0.3) is 0 Å². The van der Waals surface area contributed by atoms with Gasteiger partial charge in [0.15, 0.2) is 0 Å². The molecule has 0 bridgehead atoms. The molecule has 3 aromatic rings. The first-order chi connectivity index (χ1) is 17.9. The summed E-state index contributed by atoms with van der Waals surface area (Å²) in [5, 5.41) is 5.28. The molecule has 2 N–H and O–H groups in total. The number of amides is 1. The Morgan fingerprint density at radius 1 is 1.08 bits per heavy atom. The number of nitrogens with one attached hydrogen (secondary N) is 2. The summed E-state index contributed by atoms with van der Waals surface area (Å²) < 4.78 is 92.9. The molecule has 2 heterocycles. The molecule has 1 aliphatic heterocycles. The smallest absolute Gasteiger partial charge is 0.357 e. The second kappa shape index (κ2) is 10.6. The van der Waals surface area contributed by atoms with Crippen molar-refractivity contribution in [2.24, 2.45) is 0 Å². The summed E-state index contributed by atoms with van der Waals surface area (Å²) in [4.78, 5) is 21.1. The highest BCUT2D eigenvalue weighted by atomic mass is 32.2. The number of alkyl halides is 4. The Hall–Kier alpha value is -3.65. The molecular formula is C24H22F5N5O3S. The van der Waals surface area contributed by atoms with Crippen LogP contribution in [0.2, 0.25) is 0 Å². The number of hydrogen-bond acceptors (Lipinski definition) is 6. The topological polar surface area (TPSA) is 104 Å². The van der Waals surface area contributed by atoms with Crippen LogP contribution in [-0.4, -0.2) is 54.4 Å². The Morgan fingerprint density at radius 2 is 1.74 bits per heavy atom. The maximum Gasteiger partial charge on any atom is 0.416 e. The van der Waals surface area contributed by atoms with Crippen LogP contribution in [0.4, 0.5) is 27.9 Å². The summed E-state index contributed by atoms with van der Waals surface area (Å²) in [7, 11) is -2.75. The van der Waals surface area contributed by atoms with Gasteiger partial charge in [0.1, 0.15) is 18.0 Å². The standard InChI is InChI=1S/C24H22F5N5O3S/c1-30-23-32-18(11-20(33-23)14-2-4-15(5-3-14)24(27,28)29)12-31-22(35)21-10-17(26)13-34(21)38(36,37)19-8-6-16(25)7-9-19/h2-9,11,17,21H,10,12-13H2,1H3,(H,31,35)(H,30,32,33). The molecule has 38 heavy (non-hydrogen) atoms. The van der Waals surface area contributed by atoms with Gasteiger partial charge in [-0.1, -0.05) is 12.1 Å². The normalized spacial score (nSPS) is 18.4. The molecule has 2 atom stereocenters. The number of anilines is 1. The Morgan fingerprint density at radius 3 is 2.34 bits per heavy atom. The Labute approximate surface area is 215 Å². The van der Waals surface area contributed by atoms with Crippen LogP contribution in [0.5, 0.6) is 0 Å². The van der Waals surface area contributed by atoms with E-state index in [0.717, 1.165) is 40.7 Å². The zero-order chi connectivity index (χ0) is 27.7. The van der Waals surface area contributed by atoms with Crippen molar-refractivity contribution in [3.05, 3.63) is 71.7 Å². The van der Waals surface area contributed by atoms with Crippen molar-refractivity contribution in [1.82, 2.24) is 19.6 Å². The Balaban J connectivity index is 1.52. The van der Waals surface area contributed by atoms with Gasteiger partial charge in [-0.2, -0.15) is 17.5 Å². The van der Waals surface area contributed by atoms with Crippen molar-refractivity contribution in [3.8, 4) is 11.3 Å². The molecule has 2 unspecified atom stereocenters. The van der Waals surface area contributed by atoms with Gasteiger partial charge in [0.2, 0.25) is 21.9 Å². The zero-order valence-corrected chi connectivity index (χ0v) is 20.7. The van der Waals surface area contributed by atoms with Gasteiger partial charge < -0.3 is 10.6 Å². The molecule has 1 saturated heterocycles. The summed E-state index contributed by atoms with van der Waals surface area (Å²) in [6.45, 7) is -0.727. The molecule has 1 amide bonds. The predicted octanol–water partition coefficient (Wildman–Crippen LogP) is 3.76. The van der Waals surface area contributed by atoms with E-state index in [4.69, 9.17) is 0 Å². The SMILES string of the molecule is CNc1nc(CNC(=O)C2CC(F)CN2S(=O)(=O)c2ccc(F)cc2)cc(-c2ccc(C(F)(F)F)cc2)n1. The zero-order valence-electron chi connectivity index (χ0n) is 19.8. The van der Waals surface area contributed by atoms with E-state index in [2.05, 4.69) is 20.6 Å². The number of nitrogens with zero attached hydrogens (tertiary/aromatic N) is 3. The minimum atomic E-state index is -4.49. The molecule has 0 saturated carbocycles. The minimum absolute atomic E-state index is 0.136. The van der Waals surface area contributed by atoms with E-state index in [1.54, 1.807) is 0 Å². The average Bonchev–Trinajstić information content (AvgIpc) is 3.29. The third-order valence-corrected chi connectivity index (χ3v) is 7.77. The van der Waals surface area contributed by atoms with E-state index in [1.165, 1.54) is 25.2 Å².